The van der Waals surface area contributed by atoms with Crippen molar-refractivity contribution in [1.82, 2.24) is 0 Å². The van der Waals surface area contributed by atoms with Crippen molar-refractivity contribution >= 4 is 57.2 Å². The first-order chi connectivity index (χ1) is 22.6. The Bertz CT molecular complexity index is 2070. The SMILES string of the molecule is CCc1ccc2c(c1)B1c3cccc4c3N(c3ccccc3C43C4CC5CC(C4)CC3C5)c3cccc(c31)N2c1ccc(C)cc1. The van der Waals surface area contributed by atoms with Gasteiger partial charge in [0.15, 0.2) is 0 Å². The second kappa shape index (κ2) is 8.97. The third-order valence-corrected chi connectivity index (χ3v) is 13.2. The van der Waals surface area contributed by atoms with Crippen LogP contribution >= 0.6 is 0 Å². The summed E-state index contributed by atoms with van der Waals surface area (Å²) in [5, 5.41) is 0. The zero-order valence-corrected chi connectivity index (χ0v) is 26.8. The van der Waals surface area contributed by atoms with Crippen LogP contribution in [0, 0.1) is 30.6 Å². The van der Waals surface area contributed by atoms with Crippen molar-refractivity contribution in [2.24, 2.45) is 23.7 Å². The molecule has 4 bridgehead atoms. The van der Waals surface area contributed by atoms with Crippen molar-refractivity contribution in [3.63, 3.8) is 0 Å². The largest absolute Gasteiger partial charge is 0.311 e. The standard InChI is InChI=1S/C43H39BN2/c1-3-27-16-19-38-36(25-27)44-35-10-6-9-34-42(35)46(40-13-7-12-39(41(40)44)45(38)32-17-14-26(2)15-18-32)37-11-5-4-8-33(37)43(34)30-21-28-20-29(23-30)24-31(43)22-28/h4-19,25,28-31H,3,20-24H2,1-2H3. The van der Waals surface area contributed by atoms with Crippen molar-refractivity contribution in [1.29, 1.82) is 0 Å². The van der Waals surface area contributed by atoms with Gasteiger partial charge in [-0.1, -0.05) is 79.2 Å². The maximum Gasteiger partial charge on any atom is 0.252 e. The Kier molecular flexibility index (Phi) is 5.05. The van der Waals surface area contributed by atoms with Gasteiger partial charge in [0.2, 0.25) is 0 Å². The zero-order chi connectivity index (χ0) is 30.3. The highest BCUT2D eigenvalue weighted by Gasteiger charge is 2.62. The summed E-state index contributed by atoms with van der Waals surface area (Å²) in [6.07, 6.45) is 8.15. The molecule has 12 rings (SSSR count). The Labute approximate surface area is 273 Å². The number of anilines is 6. The van der Waals surface area contributed by atoms with Gasteiger partial charge < -0.3 is 9.80 Å². The number of benzene rings is 5. The highest BCUT2D eigenvalue weighted by Crippen LogP contribution is 2.69. The molecule has 46 heavy (non-hydrogen) atoms. The average molecular weight is 595 g/mol. The summed E-state index contributed by atoms with van der Waals surface area (Å²) in [7, 11) is 0. The number of nitrogens with zero attached hydrogens (tertiary/aromatic N) is 2. The summed E-state index contributed by atoms with van der Waals surface area (Å²) in [6.45, 7) is 4.68. The Morgan fingerprint density at radius 1 is 0.630 bits per heavy atom. The lowest BCUT2D eigenvalue weighted by atomic mass is 9.32. The number of rotatable bonds is 2. The van der Waals surface area contributed by atoms with Crippen LogP contribution in [0.4, 0.5) is 34.1 Å². The maximum absolute atomic E-state index is 2.70. The highest BCUT2D eigenvalue weighted by atomic mass is 15.2. The third kappa shape index (κ3) is 3.06. The summed E-state index contributed by atoms with van der Waals surface area (Å²) in [6, 6.07) is 40.5. The van der Waals surface area contributed by atoms with E-state index in [1.54, 1.807) is 11.1 Å². The van der Waals surface area contributed by atoms with Crippen molar-refractivity contribution in [3.8, 4) is 0 Å². The molecule has 0 radical (unpaired) electrons. The summed E-state index contributed by atoms with van der Waals surface area (Å²) in [4.78, 5) is 5.24. The van der Waals surface area contributed by atoms with Gasteiger partial charge in [-0.25, -0.2) is 0 Å². The van der Waals surface area contributed by atoms with Crippen LogP contribution < -0.4 is 26.2 Å². The van der Waals surface area contributed by atoms with Gasteiger partial charge >= 0.3 is 0 Å². The fourth-order valence-electron chi connectivity index (χ4n) is 11.8. The molecule has 5 aromatic rings. The van der Waals surface area contributed by atoms with Crippen LogP contribution in [-0.4, -0.2) is 6.71 Å². The number of hydrogen-bond donors (Lipinski definition) is 0. The van der Waals surface area contributed by atoms with Gasteiger partial charge in [-0.15, -0.1) is 0 Å². The van der Waals surface area contributed by atoms with E-state index >= 15 is 0 Å². The van der Waals surface area contributed by atoms with Gasteiger partial charge in [-0.3, -0.25) is 0 Å². The molecule has 4 aliphatic carbocycles. The lowest BCUT2D eigenvalue weighted by molar-refractivity contribution is -0.0419. The Balaban J connectivity index is 1.23. The number of para-hydroxylation sites is 2. The predicted molar refractivity (Wildman–Crippen MR) is 192 cm³/mol. The van der Waals surface area contributed by atoms with Gasteiger partial charge in [0.05, 0.1) is 5.69 Å². The summed E-state index contributed by atoms with van der Waals surface area (Å²) in [5.74, 6) is 3.36. The van der Waals surface area contributed by atoms with Gasteiger partial charge in [-0.05, 0) is 139 Å². The summed E-state index contributed by atoms with van der Waals surface area (Å²) < 4.78 is 0. The summed E-state index contributed by atoms with van der Waals surface area (Å²) in [5.41, 5.74) is 18.6. The Morgan fingerprint density at radius 3 is 2.07 bits per heavy atom. The van der Waals surface area contributed by atoms with Crippen molar-refractivity contribution in [2.45, 2.75) is 57.8 Å². The molecular weight excluding hydrogens is 555 g/mol. The molecule has 0 atom stereocenters. The molecular formula is C43H39BN2. The third-order valence-electron chi connectivity index (χ3n) is 13.2. The Morgan fingerprint density at radius 2 is 1.30 bits per heavy atom. The number of hydrogen-bond acceptors (Lipinski definition) is 2. The minimum Gasteiger partial charge on any atom is -0.311 e. The molecule has 4 fully saturated rings. The molecule has 0 unspecified atom stereocenters. The fourth-order valence-corrected chi connectivity index (χ4v) is 11.8. The van der Waals surface area contributed by atoms with E-state index in [9.17, 15) is 0 Å². The molecule has 3 heteroatoms. The molecule has 3 heterocycles. The van der Waals surface area contributed by atoms with E-state index in [1.807, 2.05) is 0 Å². The van der Waals surface area contributed by atoms with Crippen LogP contribution in [0.5, 0.6) is 0 Å². The van der Waals surface area contributed by atoms with E-state index in [0.29, 0.717) is 0 Å². The molecule has 0 saturated heterocycles. The highest BCUT2D eigenvalue weighted by molar-refractivity contribution is 7.00. The van der Waals surface area contributed by atoms with E-state index in [1.165, 1.54) is 93.7 Å². The normalized spacial score (nSPS) is 27.0. The monoisotopic (exact) mass is 594 g/mol. The van der Waals surface area contributed by atoms with Crippen LogP contribution in [0.25, 0.3) is 0 Å². The topological polar surface area (TPSA) is 6.48 Å². The molecule has 3 aliphatic heterocycles. The van der Waals surface area contributed by atoms with Crippen LogP contribution in [0.15, 0.2) is 103 Å². The van der Waals surface area contributed by atoms with Crippen LogP contribution in [0.2, 0.25) is 0 Å². The second-order valence-corrected chi connectivity index (χ2v) is 15.3. The minimum atomic E-state index is 0.123. The van der Waals surface area contributed by atoms with E-state index < -0.39 is 0 Å². The molecule has 2 nitrogen and oxygen atoms in total. The first kappa shape index (κ1) is 25.9. The molecule has 4 saturated carbocycles. The van der Waals surface area contributed by atoms with E-state index in [2.05, 4.69) is 127 Å². The number of aryl methyl sites for hydroxylation is 2. The lowest BCUT2D eigenvalue weighted by Gasteiger charge is -2.64. The lowest BCUT2D eigenvalue weighted by Crippen LogP contribution is -2.64. The molecule has 1 spiro atoms. The molecule has 5 aromatic carbocycles. The molecule has 7 aliphatic rings. The van der Waals surface area contributed by atoms with Crippen LogP contribution in [0.1, 0.15) is 61.3 Å². The maximum atomic E-state index is 2.70. The number of fused-ring (bicyclic) bond motifs is 6. The average Bonchev–Trinajstić information content (AvgIpc) is 3.09. The van der Waals surface area contributed by atoms with Crippen LogP contribution in [0.3, 0.4) is 0 Å². The zero-order valence-electron chi connectivity index (χ0n) is 26.8. The van der Waals surface area contributed by atoms with Crippen LogP contribution in [-0.2, 0) is 11.8 Å². The quantitative estimate of drug-likeness (QED) is 0.185. The first-order valence-electron chi connectivity index (χ1n) is 17.8. The molecule has 0 N–H and O–H groups in total. The second-order valence-electron chi connectivity index (χ2n) is 15.3. The van der Waals surface area contributed by atoms with E-state index in [4.69, 9.17) is 0 Å². The van der Waals surface area contributed by atoms with Crippen molar-refractivity contribution in [3.05, 3.63) is 125 Å². The fraction of sp³-hybridized carbons (Fsp3) is 0.302. The van der Waals surface area contributed by atoms with Crippen molar-refractivity contribution < 1.29 is 0 Å². The van der Waals surface area contributed by atoms with Gasteiger partial charge in [0, 0.05) is 33.9 Å². The van der Waals surface area contributed by atoms with Gasteiger partial charge in [-0.2, -0.15) is 0 Å². The van der Waals surface area contributed by atoms with Gasteiger partial charge in [0.25, 0.3) is 6.71 Å². The van der Waals surface area contributed by atoms with E-state index in [0.717, 1.165) is 30.1 Å². The van der Waals surface area contributed by atoms with Crippen molar-refractivity contribution in [2.75, 3.05) is 9.80 Å². The Hall–Kier alpha value is -4.24. The molecule has 224 valence electrons. The smallest absolute Gasteiger partial charge is 0.252 e. The van der Waals surface area contributed by atoms with Gasteiger partial charge in [0.1, 0.15) is 0 Å². The molecule has 0 amide bonds. The first-order valence-corrected chi connectivity index (χ1v) is 17.8. The minimum absolute atomic E-state index is 0.123. The van der Waals surface area contributed by atoms with E-state index in [-0.39, 0.29) is 12.1 Å². The summed E-state index contributed by atoms with van der Waals surface area (Å²) >= 11 is 0. The molecule has 0 aromatic heterocycles. The predicted octanol–water partition coefficient (Wildman–Crippen LogP) is 8.70.